The van der Waals surface area contributed by atoms with E-state index in [0.717, 1.165) is 11.1 Å². The first-order valence-corrected chi connectivity index (χ1v) is 6.93. The van der Waals surface area contributed by atoms with Crippen LogP contribution in [0.3, 0.4) is 0 Å². The molecule has 0 fully saturated rings. The van der Waals surface area contributed by atoms with Crippen LogP contribution in [0.2, 0.25) is 0 Å². The van der Waals surface area contributed by atoms with Crippen LogP contribution in [0, 0.1) is 12.7 Å². The molecular weight excluding hydrogens is 301 g/mol. The number of halogens is 1. The van der Waals surface area contributed by atoms with Crippen LogP contribution in [-0.4, -0.2) is 23.6 Å². The van der Waals surface area contributed by atoms with Crippen LogP contribution in [0.5, 0.6) is 5.75 Å². The lowest BCUT2D eigenvalue weighted by molar-refractivity contribution is -0.124. The highest BCUT2D eigenvalue weighted by Gasteiger charge is 2.14. The van der Waals surface area contributed by atoms with Crippen molar-refractivity contribution < 1.29 is 23.8 Å². The van der Waals surface area contributed by atoms with Gasteiger partial charge in [0.2, 0.25) is 0 Å². The maximum absolute atomic E-state index is 12.8. The number of nitrogens with one attached hydrogen (secondary N) is 1. The summed E-state index contributed by atoms with van der Waals surface area (Å²) in [4.78, 5) is 23.5. The molecule has 5 nitrogen and oxygen atoms in total. The molecule has 1 amide bonds. The van der Waals surface area contributed by atoms with Crippen molar-refractivity contribution in [1.82, 2.24) is 5.32 Å². The molecule has 2 N–H and O–H groups in total. The van der Waals surface area contributed by atoms with E-state index in [0.29, 0.717) is 0 Å². The quantitative estimate of drug-likeness (QED) is 0.830. The lowest BCUT2D eigenvalue weighted by Gasteiger charge is -2.08. The summed E-state index contributed by atoms with van der Waals surface area (Å²) in [6.07, 6.45) is 0. The second-order valence-corrected chi connectivity index (χ2v) is 5.00. The fourth-order valence-corrected chi connectivity index (χ4v) is 1.88. The number of esters is 1. The number of ether oxygens (including phenoxy) is 1. The Bertz CT molecular complexity index is 713. The van der Waals surface area contributed by atoms with Gasteiger partial charge in [-0.3, -0.25) is 4.79 Å². The Morgan fingerprint density at radius 3 is 2.57 bits per heavy atom. The van der Waals surface area contributed by atoms with Crippen molar-refractivity contribution in [3.63, 3.8) is 0 Å². The number of benzene rings is 2. The monoisotopic (exact) mass is 317 g/mol. The molecule has 0 atom stereocenters. The Balaban J connectivity index is 1.83. The molecule has 0 saturated carbocycles. The van der Waals surface area contributed by atoms with Crippen LogP contribution in [0.1, 0.15) is 21.5 Å². The zero-order valence-corrected chi connectivity index (χ0v) is 12.5. The van der Waals surface area contributed by atoms with Crippen molar-refractivity contribution in [3.8, 4) is 5.75 Å². The van der Waals surface area contributed by atoms with Gasteiger partial charge in [-0.15, -0.1) is 0 Å². The Morgan fingerprint density at radius 1 is 1.17 bits per heavy atom. The van der Waals surface area contributed by atoms with Gasteiger partial charge in [0, 0.05) is 6.54 Å². The fourth-order valence-electron chi connectivity index (χ4n) is 1.88. The topological polar surface area (TPSA) is 75.6 Å². The Hall–Kier alpha value is -2.89. The van der Waals surface area contributed by atoms with E-state index in [1.165, 1.54) is 24.3 Å². The first kappa shape index (κ1) is 16.5. The van der Waals surface area contributed by atoms with Gasteiger partial charge in [-0.05, 0) is 36.8 Å². The van der Waals surface area contributed by atoms with Crippen LogP contribution in [0.15, 0.2) is 42.5 Å². The normalized spacial score (nSPS) is 10.2. The molecule has 0 bridgehead atoms. The van der Waals surface area contributed by atoms with Crippen molar-refractivity contribution >= 4 is 11.9 Å². The third-order valence-electron chi connectivity index (χ3n) is 3.11. The summed E-state index contributed by atoms with van der Waals surface area (Å²) < 4.78 is 17.6. The maximum Gasteiger partial charge on any atom is 0.342 e. The van der Waals surface area contributed by atoms with Crippen LogP contribution in [0.25, 0.3) is 0 Å². The standard InChI is InChI=1S/C17H16FNO4/c1-11-2-7-15(20)14(8-11)17(22)23-10-16(21)19-9-12-3-5-13(18)6-4-12/h2-8,20H,9-10H2,1H3,(H,19,21). The van der Waals surface area contributed by atoms with Gasteiger partial charge in [-0.2, -0.15) is 0 Å². The number of amides is 1. The number of carbonyl (C=O) groups excluding carboxylic acids is 2. The van der Waals surface area contributed by atoms with Gasteiger partial charge in [-0.25, -0.2) is 9.18 Å². The molecule has 2 aromatic rings. The Labute approximate surface area is 132 Å². The molecule has 0 aliphatic carbocycles. The highest BCUT2D eigenvalue weighted by atomic mass is 19.1. The van der Waals surface area contributed by atoms with E-state index in [4.69, 9.17) is 4.74 Å². The zero-order chi connectivity index (χ0) is 16.8. The average molecular weight is 317 g/mol. The lowest BCUT2D eigenvalue weighted by atomic mass is 10.1. The van der Waals surface area contributed by atoms with Gasteiger partial charge in [0.25, 0.3) is 5.91 Å². The summed E-state index contributed by atoms with van der Waals surface area (Å²) in [5.74, 6) is -1.82. The van der Waals surface area contributed by atoms with Gasteiger partial charge >= 0.3 is 5.97 Å². The number of rotatable bonds is 5. The summed E-state index contributed by atoms with van der Waals surface area (Å²) in [5, 5.41) is 12.2. The maximum atomic E-state index is 12.8. The molecule has 6 heteroatoms. The smallest absolute Gasteiger partial charge is 0.342 e. The summed E-state index contributed by atoms with van der Waals surface area (Å²) >= 11 is 0. The fraction of sp³-hybridized carbons (Fsp3) is 0.176. The SMILES string of the molecule is Cc1ccc(O)c(C(=O)OCC(=O)NCc2ccc(F)cc2)c1. The van der Waals surface area contributed by atoms with E-state index in [1.54, 1.807) is 25.1 Å². The largest absolute Gasteiger partial charge is 0.507 e. The van der Waals surface area contributed by atoms with Crippen molar-refractivity contribution in [3.05, 3.63) is 65.0 Å². The molecule has 0 unspecified atom stereocenters. The third kappa shape index (κ3) is 4.81. The predicted molar refractivity (Wildman–Crippen MR) is 81.4 cm³/mol. The summed E-state index contributed by atoms with van der Waals surface area (Å²) in [6, 6.07) is 10.2. The second kappa shape index (κ2) is 7.40. The number of phenolic OH excluding ortho intramolecular Hbond substituents is 1. The predicted octanol–water partition coefficient (Wildman–Crippen LogP) is 2.31. The van der Waals surface area contributed by atoms with Crippen LogP contribution in [-0.2, 0) is 16.1 Å². The number of aromatic hydroxyl groups is 1. The lowest BCUT2D eigenvalue weighted by Crippen LogP contribution is -2.28. The van der Waals surface area contributed by atoms with Crippen LogP contribution in [0.4, 0.5) is 4.39 Å². The van der Waals surface area contributed by atoms with E-state index in [1.807, 2.05) is 0 Å². The van der Waals surface area contributed by atoms with Gasteiger partial charge in [0.15, 0.2) is 6.61 Å². The number of aryl methyl sites for hydroxylation is 1. The molecule has 120 valence electrons. The number of hydrogen-bond donors (Lipinski definition) is 2. The summed E-state index contributed by atoms with van der Waals surface area (Å²) in [5.41, 5.74) is 1.52. The molecule has 0 spiro atoms. The first-order valence-electron chi connectivity index (χ1n) is 6.93. The number of carbonyl (C=O) groups is 2. The van der Waals surface area contributed by atoms with Crippen molar-refractivity contribution in [2.75, 3.05) is 6.61 Å². The van der Waals surface area contributed by atoms with Crippen molar-refractivity contribution in [1.29, 1.82) is 0 Å². The van der Waals surface area contributed by atoms with Gasteiger partial charge in [0.05, 0.1) is 0 Å². The molecule has 0 aliphatic rings. The average Bonchev–Trinajstić information content (AvgIpc) is 2.54. The molecule has 23 heavy (non-hydrogen) atoms. The molecule has 0 aromatic heterocycles. The highest BCUT2D eigenvalue weighted by Crippen LogP contribution is 2.18. The minimum atomic E-state index is -0.775. The van der Waals surface area contributed by atoms with Gasteiger partial charge < -0.3 is 15.2 Å². The van der Waals surface area contributed by atoms with E-state index in [2.05, 4.69) is 5.32 Å². The van der Waals surface area contributed by atoms with E-state index in [9.17, 15) is 19.1 Å². The Morgan fingerprint density at radius 2 is 1.87 bits per heavy atom. The number of hydrogen-bond acceptors (Lipinski definition) is 4. The minimum absolute atomic E-state index is 0.0105. The molecule has 0 aliphatic heterocycles. The third-order valence-corrected chi connectivity index (χ3v) is 3.11. The second-order valence-electron chi connectivity index (χ2n) is 5.00. The van der Waals surface area contributed by atoms with Gasteiger partial charge in [-0.1, -0.05) is 23.8 Å². The van der Waals surface area contributed by atoms with Gasteiger partial charge in [0.1, 0.15) is 17.1 Å². The summed E-state index contributed by atoms with van der Waals surface area (Å²) in [6.45, 7) is 1.51. The number of phenols is 1. The van der Waals surface area contributed by atoms with E-state index >= 15 is 0 Å². The van der Waals surface area contributed by atoms with Crippen LogP contribution < -0.4 is 5.32 Å². The van der Waals surface area contributed by atoms with E-state index in [-0.39, 0.29) is 23.7 Å². The molecule has 0 saturated heterocycles. The molecule has 2 rings (SSSR count). The molecule has 0 heterocycles. The van der Waals surface area contributed by atoms with Crippen molar-refractivity contribution in [2.45, 2.75) is 13.5 Å². The first-order chi connectivity index (χ1) is 11.0. The van der Waals surface area contributed by atoms with Crippen molar-refractivity contribution in [2.24, 2.45) is 0 Å². The van der Waals surface area contributed by atoms with Crippen LogP contribution >= 0.6 is 0 Å². The Kier molecular flexibility index (Phi) is 5.30. The van der Waals surface area contributed by atoms with E-state index < -0.39 is 18.5 Å². The summed E-state index contributed by atoms with van der Waals surface area (Å²) in [7, 11) is 0. The molecule has 0 radical (unpaired) electrons. The highest BCUT2D eigenvalue weighted by molar-refractivity contribution is 5.94. The zero-order valence-electron chi connectivity index (χ0n) is 12.5. The molecular formula is C17H16FNO4. The molecule has 2 aromatic carbocycles. The minimum Gasteiger partial charge on any atom is -0.507 e.